The highest BCUT2D eigenvalue weighted by Crippen LogP contribution is 2.22. The van der Waals surface area contributed by atoms with E-state index in [4.69, 9.17) is 0 Å². The van der Waals surface area contributed by atoms with E-state index in [1.807, 2.05) is 19.9 Å². The largest absolute Gasteiger partial charge is 0.370 e. The van der Waals surface area contributed by atoms with E-state index < -0.39 is 0 Å². The van der Waals surface area contributed by atoms with Gasteiger partial charge in [0.25, 0.3) is 5.78 Å². The first-order valence-electron chi connectivity index (χ1n) is 8.12. The molecule has 4 aromatic rings. The summed E-state index contributed by atoms with van der Waals surface area (Å²) in [6, 6.07) is 10.6. The average molecular weight is 350 g/mol. The first kappa shape index (κ1) is 15.7. The van der Waals surface area contributed by atoms with Crippen molar-refractivity contribution in [1.82, 2.24) is 24.6 Å². The number of thiazole rings is 1. The van der Waals surface area contributed by atoms with E-state index in [0.717, 1.165) is 40.7 Å². The second-order valence-corrected chi connectivity index (χ2v) is 6.94. The van der Waals surface area contributed by atoms with E-state index in [9.17, 15) is 0 Å². The summed E-state index contributed by atoms with van der Waals surface area (Å²) in [5, 5.41) is 10.8. The minimum Gasteiger partial charge on any atom is -0.370 e. The second kappa shape index (κ2) is 6.60. The predicted molar refractivity (Wildman–Crippen MR) is 100.0 cm³/mol. The molecular formula is C18H18N6S. The molecule has 126 valence electrons. The normalized spacial score (nSPS) is 11.1. The van der Waals surface area contributed by atoms with Crippen molar-refractivity contribution < 1.29 is 0 Å². The van der Waals surface area contributed by atoms with Crippen molar-refractivity contribution in [2.75, 3.05) is 11.9 Å². The number of anilines is 1. The summed E-state index contributed by atoms with van der Waals surface area (Å²) in [6.45, 7) is 4.80. The van der Waals surface area contributed by atoms with E-state index in [1.165, 1.54) is 11.9 Å². The highest BCUT2D eigenvalue weighted by atomic mass is 32.1. The van der Waals surface area contributed by atoms with Crippen LogP contribution >= 0.6 is 11.3 Å². The minimum absolute atomic E-state index is 0.616. The number of aryl methyl sites for hydroxylation is 2. The SMILES string of the molecule is Cc1cc(NCCc2ccc(-c3csc(C)n3)cc2)n2ncnc2n1. The van der Waals surface area contributed by atoms with Gasteiger partial charge in [-0.3, -0.25) is 0 Å². The van der Waals surface area contributed by atoms with Gasteiger partial charge in [-0.05, 0) is 25.8 Å². The van der Waals surface area contributed by atoms with Gasteiger partial charge in [0.2, 0.25) is 0 Å². The Hall–Kier alpha value is -2.80. The van der Waals surface area contributed by atoms with Crippen LogP contribution in [0.15, 0.2) is 42.0 Å². The van der Waals surface area contributed by atoms with E-state index >= 15 is 0 Å². The van der Waals surface area contributed by atoms with Crippen LogP contribution in [0.1, 0.15) is 16.3 Å². The number of fused-ring (bicyclic) bond motifs is 1. The Morgan fingerprint density at radius 3 is 2.72 bits per heavy atom. The van der Waals surface area contributed by atoms with Gasteiger partial charge in [-0.1, -0.05) is 24.3 Å². The van der Waals surface area contributed by atoms with E-state index in [2.05, 4.69) is 55.0 Å². The van der Waals surface area contributed by atoms with Crippen LogP contribution in [0.4, 0.5) is 5.82 Å². The molecule has 0 unspecified atom stereocenters. The molecule has 0 radical (unpaired) electrons. The zero-order valence-corrected chi connectivity index (χ0v) is 14.9. The quantitative estimate of drug-likeness (QED) is 0.596. The fourth-order valence-corrected chi connectivity index (χ4v) is 3.35. The molecule has 0 aliphatic carbocycles. The summed E-state index contributed by atoms with van der Waals surface area (Å²) in [7, 11) is 0. The number of rotatable bonds is 5. The molecule has 0 aliphatic rings. The summed E-state index contributed by atoms with van der Waals surface area (Å²) in [6.07, 6.45) is 2.44. The summed E-state index contributed by atoms with van der Waals surface area (Å²) in [5.41, 5.74) is 4.41. The number of benzene rings is 1. The van der Waals surface area contributed by atoms with Crippen molar-refractivity contribution in [3.05, 3.63) is 58.3 Å². The van der Waals surface area contributed by atoms with Gasteiger partial charge >= 0.3 is 0 Å². The van der Waals surface area contributed by atoms with Gasteiger partial charge in [-0.25, -0.2) is 9.97 Å². The third-order valence-electron chi connectivity index (χ3n) is 3.97. The Bertz CT molecular complexity index is 1000. The van der Waals surface area contributed by atoms with Crippen LogP contribution < -0.4 is 5.32 Å². The Balaban J connectivity index is 1.42. The van der Waals surface area contributed by atoms with Crippen molar-refractivity contribution in [2.45, 2.75) is 20.3 Å². The van der Waals surface area contributed by atoms with Crippen molar-refractivity contribution in [1.29, 1.82) is 0 Å². The zero-order chi connectivity index (χ0) is 17.2. The lowest BCUT2D eigenvalue weighted by Gasteiger charge is -2.09. The van der Waals surface area contributed by atoms with E-state index in [0.29, 0.717) is 5.78 Å². The molecule has 0 aliphatic heterocycles. The Labute approximate surface area is 149 Å². The molecule has 0 spiro atoms. The van der Waals surface area contributed by atoms with Crippen LogP contribution in [0.3, 0.4) is 0 Å². The van der Waals surface area contributed by atoms with Crippen LogP contribution in [0.2, 0.25) is 0 Å². The van der Waals surface area contributed by atoms with Gasteiger partial charge in [0, 0.05) is 29.2 Å². The molecule has 4 rings (SSSR count). The van der Waals surface area contributed by atoms with Crippen LogP contribution in [0, 0.1) is 13.8 Å². The van der Waals surface area contributed by atoms with Gasteiger partial charge in [-0.2, -0.15) is 14.6 Å². The lowest BCUT2D eigenvalue weighted by atomic mass is 10.1. The fourth-order valence-electron chi connectivity index (χ4n) is 2.73. The second-order valence-electron chi connectivity index (χ2n) is 5.88. The molecule has 3 aromatic heterocycles. The molecule has 0 fully saturated rings. The number of nitrogens with one attached hydrogen (secondary N) is 1. The van der Waals surface area contributed by atoms with Gasteiger partial charge < -0.3 is 5.32 Å². The lowest BCUT2D eigenvalue weighted by molar-refractivity contribution is 0.906. The zero-order valence-electron chi connectivity index (χ0n) is 14.1. The molecule has 1 N–H and O–H groups in total. The van der Waals surface area contributed by atoms with Crippen LogP contribution in [0.25, 0.3) is 17.0 Å². The highest BCUT2D eigenvalue weighted by molar-refractivity contribution is 7.09. The molecule has 7 heteroatoms. The maximum atomic E-state index is 4.53. The van der Waals surface area contributed by atoms with E-state index in [-0.39, 0.29) is 0 Å². The molecule has 0 atom stereocenters. The Morgan fingerprint density at radius 2 is 1.96 bits per heavy atom. The smallest absolute Gasteiger partial charge is 0.254 e. The fraction of sp³-hybridized carbons (Fsp3) is 0.222. The molecule has 0 bridgehead atoms. The first-order valence-corrected chi connectivity index (χ1v) is 9.00. The molecule has 25 heavy (non-hydrogen) atoms. The Kier molecular flexibility index (Phi) is 4.15. The van der Waals surface area contributed by atoms with Gasteiger partial charge in [0.05, 0.1) is 10.7 Å². The molecule has 0 amide bonds. The molecule has 3 heterocycles. The average Bonchev–Trinajstić information content (AvgIpc) is 3.24. The topological polar surface area (TPSA) is 68.0 Å². The lowest BCUT2D eigenvalue weighted by Crippen LogP contribution is -2.10. The molecule has 6 nitrogen and oxygen atoms in total. The van der Waals surface area contributed by atoms with Crippen LogP contribution in [0.5, 0.6) is 0 Å². The Morgan fingerprint density at radius 1 is 1.12 bits per heavy atom. The van der Waals surface area contributed by atoms with Gasteiger partial charge in [0.15, 0.2) is 0 Å². The van der Waals surface area contributed by atoms with Crippen molar-refractivity contribution in [2.24, 2.45) is 0 Å². The third kappa shape index (κ3) is 3.36. The molecule has 0 saturated heterocycles. The van der Waals surface area contributed by atoms with Gasteiger partial charge in [-0.15, -0.1) is 11.3 Å². The summed E-state index contributed by atoms with van der Waals surface area (Å²) >= 11 is 1.68. The first-order chi connectivity index (χ1) is 12.2. The summed E-state index contributed by atoms with van der Waals surface area (Å²) < 4.78 is 1.72. The minimum atomic E-state index is 0.616. The van der Waals surface area contributed by atoms with Crippen molar-refractivity contribution in [3.63, 3.8) is 0 Å². The molecule has 0 saturated carbocycles. The van der Waals surface area contributed by atoms with Crippen molar-refractivity contribution in [3.8, 4) is 11.3 Å². The maximum Gasteiger partial charge on any atom is 0.254 e. The van der Waals surface area contributed by atoms with E-state index in [1.54, 1.807) is 15.9 Å². The molecular weight excluding hydrogens is 332 g/mol. The predicted octanol–water partition coefficient (Wildman–Crippen LogP) is 3.52. The monoisotopic (exact) mass is 350 g/mol. The number of hydrogen-bond donors (Lipinski definition) is 1. The number of nitrogens with zero attached hydrogens (tertiary/aromatic N) is 5. The molecule has 1 aromatic carbocycles. The van der Waals surface area contributed by atoms with Crippen LogP contribution in [-0.2, 0) is 6.42 Å². The van der Waals surface area contributed by atoms with Crippen molar-refractivity contribution >= 4 is 22.9 Å². The van der Waals surface area contributed by atoms with Gasteiger partial charge in [0.1, 0.15) is 12.1 Å². The van der Waals surface area contributed by atoms with Crippen LogP contribution in [-0.4, -0.2) is 31.1 Å². The third-order valence-corrected chi connectivity index (χ3v) is 4.74. The highest BCUT2D eigenvalue weighted by Gasteiger charge is 2.05. The maximum absolute atomic E-state index is 4.53. The number of hydrogen-bond acceptors (Lipinski definition) is 6. The summed E-state index contributed by atoms with van der Waals surface area (Å²) in [5.74, 6) is 1.53. The number of aromatic nitrogens is 5. The standard InChI is InChI=1S/C18H18N6S/c1-12-9-17(24-18(22-12)20-11-21-24)19-8-7-14-3-5-15(6-4-14)16-10-25-13(2)23-16/h3-6,9-11,19H,7-8H2,1-2H3. The summed E-state index contributed by atoms with van der Waals surface area (Å²) in [4.78, 5) is 13.0.